The van der Waals surface area contributed by atoms with Crippen LogP contribution in [0, 0.1) is 11.6 Å². The summed E-state index contributed by atoms with van der Waals surface area (Å²) in [5, 5.41) is 4.33. The van der Waals surface area contributed by atoms with Crippen LogP contribution in [0.15, 0.2) is 59.5 Å². The largest absolute Gasteiger partial charge is 0.366 e. The molecule has 0 radical (unpaired) electrons. The van der Waals surface area contributed by atoms with Gasteiger partial charge in [0.05, 0.1) is 24.1 Å². The van der Waals surface area contributed by atoms with Crippen molar-refractivity contribution in [3.05, 3.63) is 87.3 Å². The highest BCUT2D eigenvalue weighted by atomic mass is 35.5. The predicted octanol–water partition coefficient (Wildman–Crippen LogP) is 3.55. The second-order valence-corrected chi connectivity index (χ2v) is 7.24. The molecular formula is C21H19ClF2N4O. The van der Waals surface area contributed by atoms with Crippen LogP contribution in [0.1, 0.15) is 5.56 Å². The first-order valence-corrected chi connectivity index (χ1v) is 9.65. The van der Waals surface area contributed by atoms with Crippen LogP contribution in [-0.2, 0) is 6.54 Å². The molecule has 0 N–H and O–H groups in total. The van der Waals surface area contributed by atoms with Crippen LogP contribution in [0.2, 0.25) is 5.02 Å². The Morgan fingerprint density at radius 3 is 2.17 bits per heavy atom. The molecule has 1 aromatic heterocycles. The van der Waals surface area contributed by atoms with Crippen LogP contribution in [0.4, 0.5) is 20.2 Å². The number of nitrogens with zero attached hydrogens (tertiary/aromatic N) is 4. The van der Waals surface area contributed by atoms with Gasteiger partial charge in [0.1, 0.15) is 16.7 Å². The Labute approximate surface area is 171 Å². The van der Waals surface area contributed by atoms with Crippen molar-refractivity contribution in [2.24, 2.45) is 0 Å². The maximum absolute atomic E-state index is 14.0. The summed E-state index contributed by atoms with van der Waals surface area (Å²) in [5.74, 6) is -0.582. The van der Waals surface area contributed by atoms with Gasteiger partial charge >= 0.3 is 0 Å². The normalized spacial score (nSPS) is 14.3. The van der Waals surface area contributed by atoms with E-state index in [0.717, 1.165) is 5.56 Å². The third-order valence-corrected chi connectivity index (χ3v) is 5.38. The summed E-state index contributed by atoms with van der Waals surface area (Å²) >= 11 is 6.35. The van der Waals surface area contributed by atoms with Crippen molar-refractivity contribution < 1.29 is 8.78 Å². The fourth-order valence-electron chi connectivity index (χ4n) is 3.45. The molecule has 1 saturated heterocycles. The Kier molecular flexibility index (Phi) is 5.49. The smallest absolute Gasteiger partial charge is 0.287 e. The molecule has 1 aliphatic rings. The highest BCUT2D eigenvalue weighted by Crippen LogP contribution is 2.25. The quantitative estimate of drug-likeness (QED) is 0.652. The molecular weight excluding hydrogens is 398 g/mol. The number of hydrogen-bond donors (Lipinski definition) is 0. The third-order valence-electron chi connectivity index (χ3n) is 5.03. The van der Waals surface area contributed by atoms with Gasteiger partial charge in [-0.1, -0.05) is 35.9 Å². The topological polar surface area (TPSA) is 41.4 Å². The second kappa shape index (κ2) is 8.21. The Balaban J connectivity index is 1.48. The second-order valence-electron chi connectivity index (χ2n) is 6.86. The van der Waals surface area contributed by atoms with Crippen molar-refractivity contribution in [3.8, 4) is 0 Å². The van der Waals surface area contributed by atoms with Gasteiger partial charge < -0.3 is 9.80 Å². The van der Waals surface area contributed by atoms with Crippen molar-refractivity contribution in [1.29, 1.82) is 0 Å². The van der Waals surface area contributed by atoms with E-state index in [-0.39, 0.29) is 23.2 Å². The highest BCUT2D eigenvalue weighted by Gasteiger charge is 2.22. The number of hydrogen-bond acceptors (Lipinski definition) is 4. The van der Waals surface area contributed by atoms with Crippen molar-refractivity contribution in [2.75, 3.05) is 36.0 Å². The predicted molar refractivity (Wildman–Crippen MR) is 110 cm³/mol. The Morgan fingerprint density at radius 2 is 1.52 bits per heavy atom. The third kappa shape index (κ3) is 4.10. The fraction of sp³-hybridized carbons (Fsp3) is 0.238. The van der Waals surface area contributed by atoms with Crippen LogP contribution >= 0.6 is 11.6 Å². The number of halogens is 3. The minimum absolute atomic E-state index is 0.0986. The Bertz CT molecular complexity index is 1060. The molecule has 1 aliphatic heterocycles. The SMILES string of the molecule is O=c1c(Cl)c(N2CCN(c3ccccc3F)CC2)cnn1Cc1ccc(F)cc1. The molecule has 4 rings (SSSR count). The van der Waals surface area contributed by atoms with E-state index >= 15 is 0 Å². The highest BCUT2D eigenvalue weighted by molar-refractivity contribution is 6.33. The van der Waals surface area contributed by atoms with Crippen LogP contribution in [0.3, 0.4) is 0 Å². The first-order valence-electron chi connectivity index (χ1n) is 9.27. The van der Waals surface area contributed by atoms with Crippen molar-refractivity contribution >= 4 is 23.0 Å². The number of para-hydroxylation sites is 1. The first-order chi connectivity index (χ1) is 14.0. The van der Waals surface area contributed by atoms with Gasteiger partial charge in [-0.15, -0.1) is 0 Å². The van der Waals surface area contributed by atoms with E-state index in [9.17, 15) is 13.6 Å². The summed E-state index contributed by atoms with van der Waals surface area (Å²) in [5.41, 5.74) is 1.50. The summed E-state index contributed by atoms with van der Waals surface area (Å²) in [6.45, 7) is 2.61. The van der Waals surface area contributed by atoms with E-state index in [1.165, 1.54) is 22.9 Å². The molecule has 150 valence electrons. The molecule has 29 heavy (non-hydrogen) atoms. The molecule has 1 fully saturated rings. The van der Waals surface area contributed by atoms with Gasteiger partial charge in [-0.3, -0.25) is 4.79 Å². The van der Waals surface area contributed by atoms with Crippen LogP contribution in [0.5, 0.6) is 0 Å². The first kappa shape index (κ1) is 19.4. The Morgan fingerprint density at radius 1 is 0.897 bits per heavy atom. The summed E-state index contributed by atoms with van der Waals surface area (Å²) < 4.78 is 28.3. The molecule has 5 nitrogen and oxygen atoms in total. The summed E-state index contributed by atoms with van der Waals surface area (Å²) in [6.07, 6.45) is 1.58. The molecule has 0 amide bonds. The van der Waals surface area contributed by atoms with E-state index < -0.39 is 5.56 Å². The van der Waals surface area contributed by atoms with Crippen LogP contribution in [0.25, 0.3) is 0 Å². The minimum atomic E-state index is -0.398. The molecule has 0 aliphatic carbocycles. The van der Waals surface area contributed by atoms with Crippen molar-refractivity contribution in [1.82, 2.24) is 9.78 Å². The van der Waals surface area contributed by atoms with Gasteiger partial charge in [0.2, 0.25) is 0 Å². The van der Waals surface area contributed by atoms with Crippen molar-refractivity contribution in [2.45, 2.75) is 6.54 Å². The van der Waals surface area contributed by atoms with Gasteiger partial charge in [0, 0.05) is 26.2 Å². The minimum Gasteiger partial charge on any atom is -0.366 e. The van der Waals surface area contributed by atoms with Crippen LogP contribution in [-0.4, -0.2) is 36.0 Å². The molecule has 0 spiro atoms. The van der Waals surface area contributed by atoms with E-state index in [1.54, 1.807) is 30.5 Å². The number of piperazine rings is 1. The van der Waals surface area contributed by atoms with Gasteiger partial charge in [-0.2, -0.15) is 5.10 Å². The lowest BCUT2D eigenvalue weighted by molar-refractivity contribution is 0.593. The molecule has 2 aromatic carbocycles. The zero-order valence-electron chi connectivity index (χ0n) is 15.6. The Hall–Kier alpha value is -2.93. The molecule has 0 atom stereocenters. The number of anilines is 2. The molecule has 0 saturated carbocycles. The van der Waals surface area contributed by atoms with Crippen LogP contribution < -0.4 is 15.4 Å². The average molecular weight is 417 g/mol. The summed E-state index contributed by atoms with van der Waals surface area (Å²) in [4.78, 5) is 16.6. The number of aromatic nitrogens is 2. The standard InChI is InChI=1S/C21H19ClF2N4O/c22-20-19(13-25-28(21(20)29)14-15-5-7-16(23)8-6-15)27-11-9-26(10-12-27)18-4-2-1-3-17(18)24/h1-8,13H,9-12,14H2. The van der Waals surface area contributed by atoms with Gasteiger partial charge in [-0.05, 0) is 29.8 Å². The van der Waals surface area contributed by atoms with E-state index in [1.807, 2.05) is 15.9 Å². The molecule has 8 heteroatoms. The van der Waals surface area contributed by atoms with E-state index in [2.05, 4.69) is 5.10 Å². The lowest BCUT2D eigenvalue weighted by Crippen LogP contribution is -2.47. The zero-order valence-corrected chi connectivity index (χ0v) is 16.3. The maximum atomic E-state index is 14.0. The molecule has 0 bridgehead atoms. The zero-order chi connectivity index (χ0) is 20.4. The van der Waals surface area contributed by atoms with Gasteiger partial charge in [0.15, 0.2) is 0 Å². The lowest BCUT2D eigenvalue weighted by Gasteiger charge is -2.37. The number of rotatable bonds is 4. The van der Waals surface area contributed by atoms with Gasteiger partial charge in [0.25, 0.3) is 5.56 Å². The maximum Gasteiger partial charge on any atom is 0.287 e. The summed E-state index contributed by atoms with van der Waals surface area (Å²) in [7, 11) is 0. The van der Waals surface area contributed by atoms with E-state index in [4.69, 9.17) is 11.6 Å². The van der Waals surface area contributed by atoms with Gasteiger partial charge in [-0.25, -0.2) is 13.5 Å². The molecule has 0 unspecified atom stereocenters. The van der Waals surface area contributed by atoms with Crippen molar-refractivity contribution in [3.63, 3.8) is 0 Å². The fourth-order valence-corrected chi connectivity index (χ4v) is 3.71. The summed E-state index contributed by atoms with van der Waals surface area (Å²) in [6, 6.07) is 12.6. The monoisotopic (exact) mass is 416 g/mol. The average Bonchev–Trinajstić information content (AvgIpc) is 2.74. The molecule has 3 aromatic rings. The van der Waals surface area contributed by atoms with E-state index in [0.29, 0.717) is 37.6 Å². The number of benzene rings is 2. The molecule has 2 heterocycles. The lowest BCUT2D eigenvalue weighted by atomic mass is 10.2.